The van der Waals surface area contributed by atoms with Crippen molar-refractivity contribution < 1.29 is 0 Å². The molecule has 0 saturated heterocycles. The average molecular weight is 271 g/mol. The van der Waals surface area contributed by atoms with Crippen LogP contribution in [-0.4, -0.2) is 16.2 Å². The second kappa shape index (κ2) is 5.12. The highest BCUT2D eigenvalue weighted by Crippen LogP contribution is 2.13. The van der Waals surface area contributed by atoms with Crippen LogP contribution in [0.15, 0.2) is 53.6 Å². The SMILES string of the molecule is Clc1cccc(/C=N/Nc2nc3ccccc3[nH]2)c1. The molecule has 0 aliphatic carbocycles. The first-order valence-electron chi connectivity index (χ1n) is 5.81. The first kappa shape index (κ1) is 11.7. The fraction of sp³-hybridized carbons (Fsp3) is 0. The summed E-state index contributed by atoms with van der Waals surface area (Å²) in [5.74, 6) is 0.611. The molecule has 4 nitrogen and oxygen atoms in total. The Morgan fingerprint density at radius 1 is 1.16 bits per heavy atom. The lowest BCUT2D eigenvalue weighted by Gasteiger charge is -1.95. The molecule has 3 aromatic rings. The van der Waals surface area contributed by atoms with Crippen molar-refractivity contribution in [2.75, 3.05) is 5.43 Å². The van der Waals surface area contributed by atoms with E-state index >= 15 is 0 Å². The molecule has 0 fully saturated rings. The summed E-state index contributed by atoms with van der Waals surface area (Å²) in [6.07, 6.45) is 1.69. The van der Waals surface area contributed by atoms with E-state index in [-0.39, 0.29) is 0 Å². The van der Waals surface area contributed by atoms with E-state index < -0.39 is 0 Å². The van der Waals surface area contributed by atoms with Gasteiger partial charge in [0.25, 0.3) is 0 Å². The van der Waals surface area contributed by atoms with Crippen LogP contribution >= 0.6 is 11.6 Å². The molecule has 19 heavy (non-hydrogen) atoms. The number of benzene rings is 2. The van der Waals surface area contributed by atoms with Crippen LogP contribution in [0.25, 0.3) is 11.0 Å². The van der Waals surface area contributed by atoms with Crippen molar-refractivity contribution in [2.24, 2.45) is 5.10 Å². The number of nitrogens with zero attached hydrogens (tertiary/aromatic N) is 2. The monoisotopic (exact) mass is 270 g/mol. The van der Waals surface area contributed by atoms with Crippen LogP contribution in [0.2, 0.25) is 5.02 Å². The van der Waals surface area contributed by atoms with E-state index in [0.29, 0.717) is 11.0 Å². The second-order valence-electron chi connectivity index (χ2n) is 4.03. The lowest BCUT2D eigenvalue weighted by molar-refractivity contribution is 1.21. The maximum Gasteiger partial charge on any atom is 0.222 e. The fourth-order valence-electron chi connectivity index (χ4n) is 1.76. The molecule has 0 spiro atoms. The highest BCUT2D eigenvalue weighted by molar-refractivity contribution is 6.30. The molecule has 2 N–H and O–H groups in total. The minimum Gasteiger partial charge on any atom is -0.323 e. The number of H-pyrrole nitrogens is 1. The summed E-state index contributed by atoms with van der Waals surface area (Å²) in [4.78, 5) is 7.49. The van der Waals surface area contributed by atoms with Crippen LogP contribution in [0.1, 0.15) is 5.56 Å². The zero-order valence-corrected chi connectivity index (χ0v) is 10.7. The molecule has 0 radical (unpaired) electrons. The topological polar surface area (TPSA) is 53.1 Å². The Kier molecular flexibility index (Phi) is 3.16. The quantitative estimate of drug-likeness (QED) is 0.564. The van der Waals surface area contributed by atoms with Crippen molar-refractivity contribution in [1.29, 1.82) is 0 Å². The third kappa shape index (κ3) is 2.74. The van der Waals surface area contributed by atoms with Crippen LogP contribution in [0.5, 0.6) is 0 Å². The Morgan fingerprint density at radius 3 is 2.89 bits per heavy atom. The highest BCUT2D eigenvalue weighted by Gasteiger charge is 1.99. The summed E-state index contributed by atoms with van der Waals surface area (Å²) >= 11 is 5.89. The van der Waals surface area contributed by atoms with Gasteiger partial charge in [-0.3, -0.25) is 0 Å². The average Bonchev–Trinajstić information content (AvgIpc) is 2.81. The Bertz CT molecular complexity index is 700. The van der Waals surface area contributed by atoms with Crippen molar-refractivity contribution in [1.82, 2.24) is 9.97 Å². The minimum atomic E-state index is 0.611. The molecular weight excluding hydrogens is 260 g/mol. The summed E-state index contributed by atoms with van der Waals surface area (Å²) in [5.41, 5.74) is 5.67. The predicted octanol–water partition coefficient (Wildman–Crippen LogP) is 3.66. The van der Waals surface area contributed by atoms with Crippen LogP contribution in [0.3, 0.4) is 0 Å². The summed E-state index contributed by atoms with van der Waals surface area (Å²) < 4.78 is 0. The third-order valence-corrected chi connectivity index (χ3v) is 2.86. The van der Waals surface area contributed by atoms with Gasteiger partial charge in [-0.1, -0.05) is 35.9 Å². The molecule has 0 saturated carbocycles. The third-order valence-electron chi connectivity index (χ3n) is 2.62. The molecule has 0 aliphatic heterocycles. The maximum atomic E-state index is 5.89. The van der Waals surface area contributed by atoms with Gasteiger partial charge in [-0.25, -0.2) is 10.4 Å². The lowest BCUT2D eigenvalue weighted by Crippen LogP contribution is -1.92. The van der Waals surface area contributed by atoms with Crippen LogP contribution in [0, 0.1) is 0 Å². The molecule has 1 heterocycles. The molecule has 0 atom stereocenters. The van der Waals surface area contributed by atoms with Gasteiger partial charge in [0.2, 0.25) is 5.95 Å². The first-order chi connectivity index (χ1) is 9.31. The molecule has 0 bridgehead atoms. The van der Waals surface area contributed by atoms with Gasteiger partial charge in [-0.2, -0.15) is 5.10 Å². The molecule has 1 aromatic heterocycles. The van der Waals surface area contributed by atoms with Crippen molar-refractivity contribution >= 4 is 34.8 Å². The van der Waals surface area contributed by atoms with Gasteiger partial charge in [0.15, 0.2) is 0 Å². The Hall–Kier alpha value is -2.33. The van der Waals surface area contributed by atoms with E-state index in [1.807, 2.05) is 48.5 Å². The van der Waals surface area contributed by atoms with Gasteiger partial charge < -0.3 is 4.98 Å². The number of hydrazone groups is 1. The summed E-state index contributed by atoms with van der Waals surface area (Å²) in [6.45, 7) is 0. The van der Waals surface area contributed by atoms with E-state index in [0.717, 1.165) is 16.6 Å². The molecule has 0 unspecified atom stereocenters. The molecule has 2 aromatic carbocycles. The van der Waals surface area contributed by atoms with Crippen molar-refractivity contribution in [3.05, 3.63) is 59.1 Å². The van der Waals surface area contributed by atoms with Crippen LogP contribution in [0.4, 0.5) is 5.95 Å². The van der Waals surface area contributed by atoms with E-state index in [4.69, 9.17) is 11.6 Å². The number of imidazole rings is 1. The summed E-state index contributed by atoms with van der Waals surface area (Å²) in [7, 11) is 0. The van der Waals surface area contributed by atoms with Gasteiger partial charge in [0.05, 0.1) is 17.2 Å². The lowest BCUT2D eigenvalue weighted by atomic mass is 10.2. The van der Waals surface area contributed by atoms with Gasteiger partial charge in [0, 0.05) is 5.02 Å². The number of rotatable bonds is 3. The molecule has 0 amide bonds. The van der Waals surface area contributed by atoms with Gasteiger partial charge in [-0.15, -0.1) is 0 Å². The van der Waals surface area contributed by atoms with Crippen molar-refractivity contribution in [3.63, 3.8) is 0 Å². The zero-order chi connectivity index (χ0) is 13.1. The maximum absolute atomic E-state index is 5.89. The summed E-state index contributed by atoms with van der Waals surface area (Å²) in [6, 6.07) is 15.3. The highest BCUT2D eigenvalue weighted by atomic mass is 35.5. The van der Waals surface area contributed by atoms with Crippen molar-refractivity contribution in [2.45, 2.75) is 0 Å². The van der Waals surface area contributed by atoms with Gasteiger partial charge in [0.1, 0.15) is 0 Å². The number of aromatic nitrogens is 2. The van der Waals surface area contributed by atoms with E-state index in [1.165, 1.54) is 0 Å². The molecule has 94 valence electrons. The number of halogens is 1. The Morgan fingerprint density at radius 2 is 2.05 bits per heavy atom. The predicted molar refractivity (Wildman–Crippen MR) is 78.8 cm³/mol. The van der Waals surface area contributed by atoms with E-state index in [9.17, 15) is 0 Å². The van der Waals surface area contributed by atoms with Crippen molar-refractivity contribution in [3.8, 4) is 0 Å². The molecule has 5 heteroatoms. The van der Waals surface area contributed by atoms with Crippen LogP contribution in [-0.2, 0) is 0 Å². The smallest absolute Gasteiger partial charge is 0.222 e. The van der Waals surface area contributed by atoms with E-state index in [2.05, 4.69) is 20.5 Å². The standard InChI is InChI=1S/C14H11ClN4/c15-11-5-3-4-10(8-11)9-16-19-14-17-12-6-1-2-7-13(12)18-14/h1-9H,(H2,17,18,19)/b16-9+. The Balaban J connectivity index is 1.75. The number of para-hydroxylation sites is 2. The number of hydrogen-bond acceptors (Lipinski definition) is 3. The van der Waals surface area contributed by atoms with Crippen LogP contribution < -0.4 is 5.43 Å². The van der Waals surface area contributed by atoms with E-state index in [1.54, 1.807) is 6.21 Å². The fourth-order valence-corrected chi connectivity index (χ4v) is 1.96. The normalized spacial score (nSPS) is 11.2. The summed E-state index contributed by atoms with van der Waals surface area (Å²) in [5, 5.41) is 4.81. The molecular formula is C14H11ClN4. The molecule has 3 rings (SSSR count). The largest absolute Gasteiger partial charge is 0.323 e. The first-order valence-corrected chi connectivity index (χ1v) is 6.18. The zero-order valence-electron chi connectivity index (χ0n) is 9.97. The molecule has 0 aliphatic rings. The number of nitrogens with one attached hydrogen (secondary N) is 2. The second-order valence-corrected chi connectivity index (χ2v) is 4.46. The minimum absolute atomic E-state index is 0.611. The number of aromatic amines is 1. The van der Waals surface area contributed by atoms with Gasteiger partial charge in [-0.05, 0) is 29.8 Å². The number of hydrogen-bond donors (Lipinski definition) is 2. The Labute approximate surface area is 115 Å². The van der Waals surface area contributed by atoms with Gasteiger partial charge >= 0.3 is 0 Å². The number of fused-ring (bicyclic) bond motifs is 1. The number of anilines is 1.